The van der Waals surface area contributed by atoms with Gasteiger partial charge < -0.3 is 14.7 Å². The number of likely N-dealkylation sites (tertiary alicyclic amines) is 1. The monoisotopic (exact) mass is 365 g/mol. The highest BCUT2D eigenvalue weighted by atomic mass is 16.5. The zero-order valence-electron chi connectivity index (χ0n) is 15.1. The van der Waals surface area contributed by atoms with Gasteiger partial charge in [-0.25, -0.2) is 0 Å². The number of ether oxygens (including phenoxy) is 1. The number of Topliss-reactive ketones (excluding diaryl/α,β-unsaturated/α-hetero) is 1. The molecule has 1 saturated heterocycles. The molecule has 27 heavy (non-hydrogen) atoms. The van der Waals surface area contributed by atoms with Gasteiger partial charge >= 0.3 is 0 Å². The van der Waals surface area contributed by atoms with E-state index in [1.807, 2.05) is 42.5 Å². The predicted molar refractivity (Wildman–Crippen MR) is 101 cm³/mol. The Kier molecular flexibility index (Phi) is 4.70. The molecule has 0 aliphatic carbocycles. The van der Waals surface area contributed by atoms with Crippen LogP contribution in [0.1, 0.15) is 34.7 Å². The summed E-state index contributed by atoms with van der Waals surface area (Å²) in [4.78, 5) is 26.8. The number of carbonyl (C=O) groups is 2. The van der Waals surface area contributed by atoms with Gasteiger partial charge in [0.1, 0.15) is 5.75 Å². The van der Waals surface area contributed by atoms with Crippen molar-refractivity contribution in [3.63, 3.8) is 0 Å². The first kappa shape index (κ1) is 17.7. The van der Waals surface area contributed by atoms with E-state index in [0.29, 0.717) is 25.3 Å². The summed E-state index contributed by atoms with van der Waals surface area (Å²) in [6, 6.07) is 16.9. The summed E-state index contributed by atoms with van der Waals surface area (Å²) in [5.74, 6) is 0.825. The van der Waals surface area contributed by atoms with Gasteiger partial charge in [0.25, 0.3) is 0 Å². The largest absolute Gasteiger partial charge is 0.493 e. The first-order valence-electron chi connectivity index (χ1n) is 9.31. The number of hydrogen-bond acceptors (Lipinski definition) is 4. The molecule has 0 unspecified atom stereocenters. The molecule has 5 nitrogen and oxygen atoms in total. The summed E-state index contributed by atoms with van der Waals surface area (Å²) < 4.78 is 5.86. The van der Waals surface area contributed by atoms with Crippen LogP contribution >= 0.6 is 0 Å². The fourth-order valence-corrected chi connectivity index (χ4v) is 4.21. The van der Waals surface area contributed by atoms with Gasteiger partial charge in [-0.05, 0) is 11.6 Å². The molecule has 2 aliphatic rings. The molecule has 0 aromatic heterocycles. The summed E-state index contributed by atoms with van der Waals surface area (Å²) in [6.07, 6.45) is 0.383. The highest BCUT2D eigenvalue weighted by molar-refractivity contribution is 5.97. The van der Waals surface area contributed by atoms with Crippen LogP contribution < -0.4 is 4.74 Å². The van der Waals surface area contributed by atoms with E-state index in [-0.39, 0.29) is 37.1 Å². The molecule has 2 aromatic carbocycles. The van der Waals surface area contributed by atoms with Crippen molar-refractivity contribution in [2.75, 3.05) is 26.3 Å². The van der Waals surface area contributed by atoms with Gasteiger partial charge in [0.05, 0.1) is 18.6 Å². The molecule has 2 atom stereocenters. The molecule has 0 saturated carbocycles. The summed E-state index contributed by atoms with van der Waals surface area (Å²) in [7, 11) is 0. The maximum absolute atomic E-state index is 12.7. The Hall–Kier alpha value is -2.66. The Morgan fingerprint density at radius 3 is 2.59 bits per heavy atom. The standard InChI is InChI=1S/C22H23NO4/c24-14-22-13-23(12-18(22)17-8-4-5-9-20(17)27-15-22)21(26)11-10-19(25)16-6-2-1-3-7-16/h1-9,18,24H,10-15H2/t18-,22-/m0/s1. The zero-order valence-corrected chi connectivity index (χ0v) is 15.1. The number of rotatable bonds is 5. The van der Waals surface area contributed by atoms with E-state index in [9.17, 15) is 14.7 Å². The number of amides is 1. The SMILES string of the molecule is O=C(CCC(=O)N1C[C@H]2c3ccccc3OC[C@@]2(CO)C1)c1ccccc1. The zero-order chi connectivity index (χ0) is 18.9. The average molecular weight is 365 g/mol. The Morgan fingerprint density at radius 2 is 1.81 bits per heavy atom. The molecule has 0 bridgehead atoms. The third-order valence-electron chi connectivity index (χ3n) is 5.79. The number of fused-ring (bicyclic) bond motifs is 3. The Bertz CT molecular complexity index is 850. The first-order valence-corrected chi connectivity index (χ1v) is 9.31. The summed E-state index contributed by atoms with van der Waals surface area (Å²) in [5.41, 5.74) is 1.22. The van der Waals surface area contributed by atoms with Crippen LogP contribution in [0.5, 0.6) is 5.75 Å². The lowest BCUT2D eigenvalue weighted by Gasteiger charge is -2.37. The molecule has 5 heteroatoms. The lowest BCUT2D eigenvalue weighted by Crippen LogP contribution is -2.42. The maximum atomic E-state index is 12.7. The molecular formula is C22H23NO4. The van der Waals surface area contributed by atoms with Crippen LogP contribution in [0, 0.1) is 5.41 Å². The van der Waals surface area contributed by atoms with Crippen molar-refractivity contribution in [1.29, 1.82) is 0 Å². The molecule has 2 aromatic rings. The number of para-hydroxylation sites is 1. The smallest absolute Gasteiger partial charge is 0.223 e. The van der Waals surface area contributed by atoms with E-state index in [4.69, 9.17) is 4.74 Å². The predicted octanol–water partition coefficient (Wildman–Crippen LogP) is 2.65. The Balaban J connectivity index is 1.45. The van der Waals surface area contributed by atoms with Gasteiger partial charge in [-0.2, -0.15) is 0 Å². The highest BCUT2D eigenvalue weighted by Gasteiger charge is 2.51. The van der Waals surface area contributed by atoms with E-state index >= 15 is 0 Å². The van der Waals surface area contributed by atoms with Crippen LogP contribution in [0.15, 0.2) is 54.6 Å². The number of ketones is 1. The molecular weight excluding hydrogens is 342 g/mol. The lowest BCUT2D eigenvalue weighted by atomic mass is 9.74. The average Bonchev–Trinajstić information content (AvgIpc) is 3.13. The van der Waals surface area contributed by atoms with Crippen LogP contribution in [0.2, 0.25) is 0 Å². The topological polar surface area (TPSA) is 66.8 Å². The molecule has 1 fully saturated rings. The van der Waals surface area contributed by atoms with E-state index in [0.717, 1.165) is 11.3 Å². The highest BCUT2D eigenvalue weighted by Crippen LogP contribution is 2.49. The number of hydrogen-bond donors (Lipinski definition) is 1. The number of aliphatic hydroxyl groups is 1. The van der Waals surface area contributed by atoms with Crippen LogP contribution in [0.25, 0.3) is 0 Å². The van der Waals surface area contributed by atoms with Crippen molar-refractivity contribution in [2.45, 2.75) is 18.8 Å². The third kappa shape index (κ3) is 3.23. The fraction of sp³-hybridized carbons (Fsp3) is 0.364. The summed E-state index contributed by atoms with van der Waals surface area (Å²) in [5, 5.41) is 10.1. The van der Waals surface area contributed by atoms with Crippen molar-refractivity contribution in [3.8, 4) is 5.75 Å². The van der Waals surface area contributed by atoms with Crippen LogP contribution in [0.3, 0.4) is 0 Å². The Morgan fingerprint density at radius 1 is 1.07 bits per heavy atom. The molecule has 0 radical (unpaired) electrons. The minimum absolute atomic E-state index is 0.0221. The second kappa shape index (κ2) is 7.16. The summed E-state index contributed by atoms with van der Waals surface area (Å²) in [6.45, 7) is 1.39. The molecule has 0 spiro atoms. The third-order valence-corrected chi connectivity index (χ3v) is 5.79. The van der Waals surface area contributed by atoms with Gasteiger partial charge in [0, 0.05) is 37.4 Å². The lowest BCUT2D eigenvalue weighted by molar-refractivity contribution is -0.130. The molecule has 140 valence electrons. The first-order chi connectivity index (χ1) is 13.1. The second-order valence-corrected chi connectivity index (χ2v) is 7.46. The van der Waals surface area contributed by atoms with Crippen molar-refractivity contribution < 1.29 is 19.4 Å². The quantitative estimate of drug-likeness (QED) is 0.828. The minimum Gasteiger partial charge on any atom is -0.493 e. The van der Waals surface area contributed by atoms with Crippen LogP contribution in [-0.4, -0.2) is 48.0 Å². The second-order valence-electron chi connectivity index (χ2n) is 7.46. The van der Waals surface area contributed by atoms with Gasteiger partial charge in [0.2, 0.25) is 5.91 Å². The van der Waals surface area contributed by atoms with Crippen molar-refractivity contribution in [2.24, 2.45) is 5.41 Å². The van der Waals surface area contributed by atoms with Gasteiger partial charge in [-0.1, -0.05) is 48.5 Å². The number of aliphatic hydroxyl groups excluding tert-OH is 1. The van der Waals surface area contributed by atoms with Gasteiger partial charge in [-0.3, -0.25) is 9.59 Å². The van der Waals surface area contributed by atoms with E-state index in [2.05, 4.69) is 0 Å². The molecule has 4 rings (SSSR count). The number of nitrogens with zero attached hydrogens (tertiary/aromatic N) is 1. The maximum Gasteiger partial charge on any atom is 0.223 e. The van der Waals surface area contributed by atoms with Gasteiger partial charge in [-0.15, -0.1) is 0 Å². The Labute approximate surface area is 158 Å². The van der Waals surface area contributed by atoms with Crippen LogP contribution in [0.4, 0.5) is 0 Å². The molecule has 2 aliphatic heterocycles. The van der Waals surface area contributed by atoms with E-state index < -0.39 is 5.41 Å². The number of benzene rings is 2. The van der Waals surface area contributed by atoms with Crippen molar-refractivity contribution in [3.05, 3.63) is 65.7 Å². The van der Waals surface area contributed by atoms with Crippen LogP contribution in [-0.2, 0) is 4.79 Å². The summed E-state index contributed by atoms with van der Waals surface area (Å²) >= 11 is 0. The number of carbonyl (C=O) groups excluding carboxylic acids is 2. The minimum atomic E-state index is -0.465. The fourth-order valence-electron chi connectivity index (χ4n) is 4.21. The molecule has 1 amide bonds. The van der Waals surface area contributed by atoms with Gasteiger partial charge in [0.15, 0.2) is 5.78 Å². The van der Waals surface area contributed by atoms with E-state index in [1.54, 1.807) is 17.0 Å². The van der Waals surface area contributed by atoms with Crippen molar-refractivity contribution >= 4 is 11.7 Å². The van der Waals surface area contributed by atoms with E-state index in [1.165, 1.54) is 0 Å². The van der Waals surface area contributed by atoms with Crippen molar-refractivity contribution in [1.82, 2.24) is 4.90 Å². The molecule has 1 N–H and O–H groups in total. The normalized spacial score (nSPS) is 23.3. The molecule has 2 heterocycles.